The number of nitrogens with zero attached hydrogens (tertiary/aromatic N) is 7. The van der Waals surface area contributed by atoms with Gasteiger partial charge in [-0.3, -0.25) is 19.6 Å². The molecular weight excluding hydrogens is 734 g/mol. The lowest BCUT2D eigenvalue weighted by Gasteiger charge is -2.43. The summed E-state index contributed by atoms with van der Waals surface area (Å²) in [7, 11) is 0. The van der Waals surface area contributed by atoms with E-state index in [4.69, 9.17) is 29.9 Å². The largest absolute Gasteiger partial charge is 0.461 e. The number of nitrogens with two attached hydrogens (primary N) is 1. The van der Waals surface area contributed by atoms with Gasteiger partial charge in [0, 0.05) is 55.6 Å². The van der Waals surface area contributed by atoms with E-state index in [1.807, 2.05) is 20.8 Å². The molecule has 0 spiro atoms. The van der Waals surface area contributed by atoms with Gasteiger partial charge in [-0.25, -0.2) is 13.2 Å². The molecule has 5 atom stereocenters. The molecule has 16 heteroatoms. The number of anilines is 2. The number of ether oxygens (including phenoxy) is 3. The monoisotopic (exact) mass is 776 g/mol. The molecule has 55 heavy (non-hydrogen) atoms. The lowest BCUT2D eigenvalue weighted by molar-refractivity contribution is -0.152. The minimum absolute atomic E-state index is 0.00634. The van der Waals surface area contributed by atoms with Crippen LogP contribution in [0.4, 0.5) is 24.0 Å². The maximum absolute atomic E-state index is 17.6. The molecule has 1 aromatic carbocycles. The van der Waals surface area contributed by atoms with Gasteiger partial charge in [0.05, 0.1) is 52.2 Å². The number of nitrogen functional groups attached to an aromatic ring is 1. The van der Waals surface area contributed by atoms with Crippen molar-refractivity contribution in [2.45, 2.75) is 96.0 Å². The predicted octanol–water partition coefficient (Wildman–Crippen LogP) is 5.86. The molecule has 9 rings (SSSR count). The second-order valence-electron chi connectivity index (χ2n) is 16.1. The number of esters is 1. The number of piperazine rings is 1. The van der Waals surface area contributed by atoms with Gasteiger partial charge >= 0.3 is 12.0 Å². The van der Waals surface area contributed by atoms with Gasteiger partial charge in [-0.15, -0.1) is 11.3 Å². The van der Waals surface area contributed by atoms with Gasteiger partial charge in [-0.2, -0.15) is 15.2 Å². The summed E-state index contributed by atoms with van der Waals surface area (Å²) in [5.41, 5.74) is 7.11. The van der Waals surface area contributed by atoms with Crippen LogP contribution in [0.1, 0.15) is 69.6 Å². The zero-order valence-electron chi connectivity index (χ0n) is 31.0. The third-order valence-electron chi connectivity index (χ3n) is 12.1. The number of alkyl halides is 1. The first-order chi connectivity index (χ1) is 26.5. The maximum Gasteiger partial charge on any atom is 0.319 e. The number of carbonyl (C=O) groups excluding carboxylic acids is 1. The number of rotatable bonds is 9. The summed E-state index contributed by atoms with van der Waals surface area (Å²) in [6, 6.07) is 2.10. The maximum atomic E-state index is 17.6. The molecule has 2 bridgehead atoms. The second-order valence-corrected chi connectivity index (χ2v) is 17.1. The molecule has 0 aliphatic carbocycles. The number of pyridine rings is 1. The molecule has 0 amide bonds. The SMILES string of the molecule is CC(C)C(=O)O[C@H](C)CN1CC2CCC(C1)N2c1nc(OC[C@@]23CCCN2C[C@H](F)C3)nc2c(F)c(-c3ncc(F)c4sc(N)c(C#N)c34)c3c(c12)COC3. The third-order valence-corrected chi connectivity index (χ3v) is 13.2. The molecular formula is C39H43F3N8O4S. The number of aromatic nitrogens is 3. The van der Waals surface area contributed by atoms with E-state index >= 15 is 8.78 Å². The van der Waals surface area contributed by atoms with E-state index in [1.165, 1.54) is 0 Å². The fourth-order valence-corrected chi connectivity index (χ4v) is 10.7. The lowest BCUT2D eigenvalue weighted by atomic mass is 9.93. The van der Waals surface area contributed by atoms with Crippen molar-refractivity contribution >= 4 is 49.1 Å². The third kappa shape index (κ3) is 5.96. The summed E-state index contributed by atoms with van der Waals surface area (Å²) >= 11 is 0.921. The normalized spacial score (nSPS) is 25.6. The van der Waals surface area contributed by atoms with Crippen molar-refractivity contribution < 1.29 is 32.2 Å². The van der Waals surface area contributed by atoms with Crippen LogP contribution in [0, 0.1) is 28.9 Å². The zero-order chi connectivity index (χ0) is 38.3. The van der Waals surface area contributed by atoms with Crippen molar-refractivity contribution in [2.75, 3.05) is 50.0 Å². The number of hydrogen-bond donors (Lipinski definition) is 1. The highest BCUT2D eigenvalue weighted by Crippen LogP contribution is 2.48. The van der Waals surface area contributed by atoms with Crippen LogP contribution in [-0.4, -0.2) is 99.9 Å². The van der Waals surface area contributed by atoms with Crippen LogP contribution >= 0.6 is 11.3 Å². The molecule has 2 N–H and O–H groups in total. The molecule has 0 radical (unpaired) electrons. The Balaban J connectivity index is 1.17. The van der Waals surface area contributed by atoms with Gasteiger partial charge in [0.25, 0.3) is 0 Å². The summed E-state index contributed by atoms with van der Waals surface area (Å²) < 4.78 is 65.7. The number of benzene rings is 1. The van der Waals surface area contributed by atoms with E-state index < -0.39 is 23.3 Å². The molecule has 4 aromatic rings. The van der Waals surface area contributed by atoms with E-state index in [1.54, 1.807) is 0 Å². The number of thiophene rings is 1. The quantitative estimate of drug-likeness (QED) is 0.203. The molecule has 5 aliphatic rings. The zero-order valence-corrected chi connectivity index (χ0v) is 31.9. The van der Waals surface area contributed by atoms with E-state index in [9.17, 15) is 14.4 Å². The Kier molecular flexibility index (Phi) is 9.06. The van der Waals surface area contributed by atoms with Crippen LogP contribution in [0.15, 0.2) is 6.20 Å². The average molecular weight is 777 g/mol. The summed E-state index contributed by atoms with van der Waals surface area (Å²) in [6.45, 7) is 9.03. The van der Waals surface area contributed by atoms with Crippen molar-refractivity contribution in [2.24, 2.45) is 5.92 Å². The van der Waals surface area contributed by atoms with Crippen molar-refractivity contribution in [1.29, 1.82) is 5.26 Å². The highest BCUT2D eigenvalue weighted by molar-refractivity contribution is 7.23. The Bertz CT molecular complexity index is 2250. The van der Waals surface area contributed by atoms with Gasteiger partial charge < -0.3 is 24.8 Å². The van der Waals surface area contributed by atoms with Gasteiger partial charge in [0.15, 0.2) is 11.6 Å². The van der Waals surface area contributed by atoms with Gasteiger partial charge in [0.2, 0.25) is 0 Å². The van der Waals surface area contributed by atoms with Crippen LogP contribution in [0.25, 0.3) is 32.2 Å². The number of carbonyl (C=O) groups is 1. The van der Waals surface area contributed by atoms with E-state index in [-0.39, 0.29) is 93.3 Å². The smallest absolute Gasteiger partial charge is 0.319 e. The summed E-state index contributed by atoms with van der Waals surface area (Å²) in [5, 5.41) is 10.8. The molecule has 12 nitrogen and oxygen atoms in total. The molecule has 5 aliphatic heterocycles. The van der Waals surface area contributed by atoms with Crippen molar-refractivity contribution in [3.8, 4) is 23.3 Å². The fraction of sp³-hybridized carbons (Fsp3) is 0.564. The Morgan fingerprint density at radius 2 is 1.91 bits per heavy atom. The summed E-state index contributed by atoms with van der Waals surface area (Å²) in [6.07, 6.45) is 3.62. The van der Waals surface area contributed by atoms with Gasteiger partial charge in [-0.1, -0.05) is 13.8 Å². The number of halogens is 3. The fourth-order valence-electron chi connectivity index (χ4n) is 9.75. The Morgan fingerprint density at radius 3 is 2.65 bits per heavy atom. The van der Waals surface area contributed by atoms with Crippen LogP contribution < -0.4 is 15.4 Å². The van der Waals surface area contributed by atoms with E-state index in [0.29, 0.717) is 54.9 Å². The minimum atomic E-state index is -0.951. The lowest BCUT2D eigenvalue weighted by Crippen LogP contribution is -2.55. The van der Waals surface area contributed by atoms with Crippen molar-refractivity contribution in [3.63, 3.8) is 0 Å². The Morgan fingerprint density at radius 1 is 1.15 bits per heavy atom. The van der Waals surface area contributed by atoms with Crippen molar-refractivity contribution in [1.82, 2.24) is 24.8 Å². The average Bonchev–Trinajstić information content (AvgIpc) is 3.96. The standard InChI is InChI=1S/C39H43F3N8O4S/c1-19(2)37(51)54-20(3)12-48-14-22-5-6-23(15-48)50(22)36-30-26-17-52-16-25(26)28(32-29-24(10-43)35(44)55-34(29)27(41)11-45-32)31(42)33(30)46-38(47-36)53-18-39-7-4-8-49(39)13-21(40)9-39/h11,19-23H,4-9,12-18,44H2,1-3H3/t20-,21-,22?,23?,39+/m1/s1. The topological polar surface area (TPSA) is 143 Å². The van der Waals surface area contributed by atoms with Gasteiger partial charge in [0.1, 0.15) is 41.3 Å². The molecule has 3 aromatic heterocycles. The summed E-state index contributed by atoms with van der Waals surface area (Å²) in [4.78, 5) is 33.2. The molecule has 8 heterocycles. The van der Waals surface area contributed by atoms with Crippen LogP contribution in [0.5, 0.6) is 6.01 Å². The molecule has 4 fully saturated rings. The highest BCUT2D eigenvalue weighted by atomic mass is 32.1. The number of nitriles is 1. The van der Waals surface area contributed by atoms with Crippen LogP contribution in [0.3, 0.4) is 0 Å². The highest BCUT2D eigenvalue weighted by Gasteiger charge is 2.50. The predicted molar refractivity (Wildman–Crippen MR) is 200 cm³/mol. The minimum Gasteiger partial charge on any atom is -0.461 e. The summed E-state index contributed by atoms with van der Waals surface area (Å²) in [5.74, 6) is -1.26. The van der Waals surface area contributed by atoms with E-state index in [2.05, 4.69) is 25.8 Å². The number of likely N-dealkylation sites (tertiary alicyclic amines) is 1. The second kappa shape index (κ2) is 13.7. The van der Waals surface area contributed by atoms with Crippen molar-refractivity contribution in [3.05, 3.63) is 34.5 Å². The number of fused-ring (bicyclic) bond motifs is 7. The first-order valence-electron chi connectivity index (χ1n) is 19.1. The van der Waals surface area contributed by atoms with E-state index in [0.717, 1.165) is 49.8 Å². The van der Waals surface area contributed by atoms with Gasteiger partial charge in [-0.05, 0) is 50.3 Å². The number of hydrogen-bond acceptors (Lipinski definition) is 13. The molecule has 4 saturated heterocycles. The first-order valence-corrected chi connectivity index (χ1v) is 19.9. The Labute approximate surface area is 320 Å². The molecule has 2 unspecified atom stereocenters. The molecule has 0 saturated carbocycles. The van der Waals surface area contributed by atoms with Crippen LogP contribution in [-0.2, 0) is 27.5 Å². The van der Waals surface area contributed by atoms with Crippen LogP contribution in [0.2, 0.25) is 0 Å². The molecule has 290 valence electrons. The Hall–Kier alpha value is -4.30. The first kappa shape index (κ1) is 36.3.